The molecule has 0 radical (unpaired) electrons. The van der Waals surface area contributed by atoms with Gasteiger partial charge in [-0.2, -0.15) is 0 Å². The normalized spacial score (nSPS) is 19.0. The molecule has 0 fully saturated rings. The Bertz CT molecular complexity index is 936. The van der Waals surface area contributed by atoms with Gasteiger partial charge in [-0.25, -0.2) is 0 Å². The third-order valence-corrected chi connectivity index (χ3v) is 7.33. The number of fused-ring (bicyclic) bond motifs is 2. The lowest BCUT2D eigenvalue weighted by molar-refractivity contribution is 0.100. The van der Waals surface area contributed by atoms with Gasteiger partial charge in [0.1, 0.15) is 10.8 Å². The summed E-state index contributed by atoms with van der Waals surface area (Å²) in [5.41, 5.74) is 8.52. The second-order valence-electron chi connectivity index (χ2n) is 8.97. The molecule has 28 heavy (non-hydrogen) atoms. The first-order valence-electron chi connectivity index (χ1n) is 9.98. The van der Waals surface area contributed by atoms with Crippen LogP contribution in [0.3, 0.4) is 0 Å². The van der Waals surface area contributed by atoms with Crippen molar-refractivity contribution in [2.45, 2.75) is 65.7 Å². The van der Waals surface area contributed by atoms with Gasteiger partial charge in [0.05, 0.1) is 5.56 Å². The van der Waals surface area contributed by atoms with Crippen LogP contribution in [0.2, 0.25) is 0 Å². The van der Waals surface area contributed by atoms with E-state index in [4.69, 9.17) is 10.3 Å². The van der Waals surface area contributed by atoms with E-state index in [1.165, 1.54) is 11.3 Å². The number of rotatable bonds is 3. The molecule has 1 atom stereocenters. The molecule has 0 saturated heterocycles. The van der Waals surface area contributed by atoms with Crippen molar-refractivity contribution in [1.82, 2.24) is 5.16 Å². The summed E-state index contributed by atoms with van der Waals surface area (Å²) in [4.78, 5) is 26.2. The number of nitrogens with zero attached hydrogens (tertiary/aromatic N) is 1. The number of amides is 2. The summed E-state index contributed by atoms with van der Waals surface area (Å²) in [6.07, 6.45) is 6.55. The number of aryl methyl sites for hydroxylation is 2. The van der Waals surface area contributed by atoms with Gasteiger partial charge >= 0.3 is 0 Å². The third-order valence-electron chi connectivity index (χ3n) is 6.12. The number of nitrogens with one attached hydrogen (secondary N) is 1. The number of primary amides is 1. The van der Waals surface area contributed by atoms with E-state index in [2.05, 4.69) is 31.2 Å². The van der Waals surface area contributed by atoms with Crippen LogP contribution >= 0.6 is 11.3 Å². The summed E-state index contributed by atoms with van der Waals surface area (Å²) in [6.45, 7) is 6.68. The van der Waals surface area contributed by atoms with E-state index in [0.29, 0.717) is 22.2 Å². The number of anilines is 1. The highest BCUT2D eigenvalue weighted by atomic mass is 32.1. The molecule has 0 aromatic carbocycles. The van der Waals surface area contributed by atoms with E-state index in [9.17, 15) is 9.59 Å². The quantitative estimate of drug-likeness (QED) is 0.808. The molecule has 2 heterocycles. The average Bonchev–Trinajstić information content (AvgIpc) is 3.21. The number of carbonyl (C=O) groups excluding carboxylic acids is 2. The molecule has 0 spiro atoms. The molecule has 2 amide bonds. The van der Waals surface area contributed by atoms with E-state index >= 15 is 0 Å². The van der Waals surface area contributed by atoms with Crippen molar-refractivity contribution in [3.63, 3.8) is 0 Å². The van der Waals surface area contributed by atoms with E-state index in [0.717, 1.165) is 66.7 Å². The summed E-state index contributed by atoms with van der Waals surface area (Å²) in [5, 5.41) is 7.53. The van der Waals surface area contributed by atoms with Crippen molar-refractivity contribution in [3.8, 4) is 0 Å². The highest BCUT2D eigenvalue weighted by Gasteiger charge is 2.34. The van der Waals surface area contributed by atoms with Crippen molar-refractivity contribution in [2.75, 3.05) is 5.32 Å². The molecule has 0 aliphatic heterocycles. The Kier molecular flexibility index (Phi) is 4.81. The van der Waals surface area contributed by atoms with Gasteiger partial charge in [0.25, 0.3) is 11.8 Å². The lowest BCUT2D eigenvalue weighted by atomic mass is 9.71. The topological polar surface area (TPSA) is 98.2 Å². The van der Waals surface area contributed by atoms with Crippen LogP contribution in [0.25, 0.3) is 0 Å². The summed E-state index contributed by atoms with van der Waals surface area (Å²) in [7, 11) is 0. The van der Waals surface area contributed by atoms with Crippen LogP contribution in [0.1, 0.15) is 82.6 Å². The van der Waals surface area contributed by atoms with E-state index in [-0.39, 0.29) is 11.3 Å². The SMILES string of the molecule is CC(C)(C)[C@H]1CCc2onc(C(=O)Nc3sc4c(c3C(N)=O)CCCC4)c2C1. The van der Waals surface area contributed by atoms with Gasteiger partial charge in [-0.3, -0.25) is 9.59 Å². The van der Waals surface area contributed by atoms with Crippen molar-refractivity contribution in [2.24, 2.45) is 17.1 Å². The number of carbonyl (C=O) groups is 2. The van der Waals surface area contributed by atoms with Gasteiger partial charge in [0, 0.05) is 16.9 Å². The van der Waals surface area contributed by atoms with Crippen molar-refractivity contribution < 1.29 is 14.1 Å². The molecule has 2 aliphatic rings. The minimum absolute atomic E-state index is 0.161. The number of thiophene rings is 1. The van der Waals surface area contributed by atoms with E-state index in [1.807, 2.05) is 0 Å². The molecule has 0 saturated carbocycles. The van der Waals surface area contributed by atoms with E-state index in [1.54, 1.807) is 0 Å². The standard InChI is InChI=1S/C21H27N3O3S/c1-21(2,3)11-8-9-14-13(10-11)17(24-27-14)19(26)23-20-16(18(22)25)12-6-4-5-7-15(12)28-20/h11H,4-10H2,1-3H3,(H2,22,25)(H,23,26)/t11-/m0/s1. The summed E-state index contributed by atoms with van der Waals surface area (Å²) in [6, 6.07) is 0. The molecule has 0 unspecified atom stereocenters. The first-order valence-corrected chi connectivity index (χ1v) is 10.8. The largest absolute Gasteiger partial charge is 0.365 e. The molecule has 3 N–H and O–H groups in total. The smallest absolute Gasteiger partial charge is 0.278 e. The van der Waals surface area contributed by atoms with Crippen LogP contribution in [-0.4, -0.2) is 17.0 Å². The van der Waals surface area contributed by atoms with Crippen LogP contribution in [0.4, 0.5) is 5.00 Å². The Morgan fingerprint density at radius 2 is 1.93 bits per heavy atom. The summed E-state index contributed by atoms with van der Waals surface area (Å²) < 4.78 is 5.47. The zero-order valence-corrected chi connectivity index (χ0v) is 17.5. The van der Waals surface area contributed by atoms with Gasteiger partial charge in [0.2, 0.25) is 0 Å². The lowest BCUT2D eigenvalue weighted by Gasteiger charge is -2.33. The van der Waals surface area contributed by atoms with Crippen LogP contribution in [0, 0.1) is 11.3 Å². The highest BCUT2D eigenvalue weighted by Crippen LogP contribution is 2.40. The number of aromatic nitrogens is 1. The van der Waals surface area contributed by atoms with Crippen LogP contribution in [0.5, 0.6) is 0 Å². The fourth-order valence-electron chi connectivity index (χ4n) is 4.40. The van der Waals surface area contributed by atoms with Crippen LogP contribution in [0.15, 0.2) is 4.52 Å². The van der Waals surface area contributed by atoms with Crippen molar-refractivity contribution in [3.05, 3.63) is 33.0 Å². The Hall–Kier alpha value is -2.15. The Morgan fingerprint density at radius 1 is 1.18 bits per heavy atom. The number of hydrogen-bond acceptors (Lipinski definition) is 5. The molecule has 0 bridgehead atoms. The fraction of sp³-hybridized carbons (Fsp3) is 0.571. The minimum Gasteiger partial charge on any atom is -0.365 e. The fourth-order valence-corrected chi connectivity index (χ4v) is 5.69. The average molecular weight is 402 g/mol. The zero-order chi connectivity index (χ0) is 20.1. The Morgan fingerprint density at radius 3 is 2.64 bits per heavy atom. The molecule has 150 valence electrons. The molecule has 7 heteroatoms. The zero-order valence-electron chi connectivity index (χ0n) is 16.7. The van der Waals surface area contributed by atoms with Gasteiger partial charge < -0.3 is 15.6 Å². The first-order chi connectivity index (χ1) is 13.3. The maximum absolute atomic E-state index is 13.0. The number of hydrogen-bond donors (Lipinski definition) is 2. The van der Waals surface area contributed by atoms with Gasteiger partial charge in [-0.05, 0) is 55.4 Å². The van der Waals surface area contributed by atoms with E-state index < -0.39 is 5.91 Å². The predicted molar refractivity (Wildman–Crippen MR) is 109 cm³/mol. The molecule has 2 aromatic rings. The van der Waals surface area contributed by atoms with Gasteiger partial charge in [-0.15, -0.1) is 11.3 Å². The predicted octanol–water partition coefficient (Wildman–Crippen LogP) is 4.12. The molecule has 4 rings (SSSR count). The maximum atomic E-state index is 13.0. The molecular weight excluding hydrogens is 374 g/mol. The van der Waals surface area contributed by atoms with Gasteiger partial charge in [0.15, 0.2) is 5.69 Å². The van der Waals surface area contributed by atoms with Crippen LogP contribution in [-0.2, 0) is 25.7 Å². The second kappa shape index (κ2) is 7.03. The second-order valence-corrected chi connectivity index (χ2v) is 10.1. The maximum Gasteiger partial charge on any atom is 0.278 e. The minimum atomic E-state index is -0.482. The third kappa shape index (κ3) is 3.36. The summed E-state index contributed by atoms with van der Waals surface area (Å²) in [5.74, 6) is 0.484. The summed E-state index contributed by atoms with van der Waals surface area (Å²) >= 11 is 1.47. The monoisotopic (exact) mass is 401 g/mol. The Balaban J connectivity index is 1.62. The van der Waals surface area contributed by atoms with Crippen molar-refractivity contribution >= 4 is 28.2 Å². The molecule has 2 aliphatic carbocycles. The molecular formula is C21H27N3O3S. The Labute approximate surface area is 168 Å². The lowest BCUT2D eigenvalue weighted by Crippen LogP contribution is -2.28. The molecule has 2 aromatic heterocycles. The van der Waals surface area contributed by atoms with Crippen LogP contribution < -0.4 is 11.1 Å². The number of nitrogens with two attached hydrogens (primary N) is 1. The van der Waals surface area contributed by atoms with Crippen molar-refractivity contribution in [1.29, 1.82) is 0 Å². The molecule has 6 nitrogen and oxygen atoms in total. The van der Waals surface area contributed by atoms with Gasteiger partial charge in [-0.1, -0.05) is 25.9 Å². The first kappa shape index (κ1) is 19.2. The highest BCUT2D eigenvalue weighted by molar-refractivity contribution is 7.17.